The van der Waals surface area contributed by atoms with Crippen LogP contribution < -0.4 is 10.1 Å². The fraction of sp³-hybridized carbons (Fsp3) is 0.250. The number of nitrogens with one attached hydrogen (secondary N) is 1. The van der Waals surface area contributed by atoms with Crippen molar-refractivity contribution in [2.24, 2.45) is 0 Å². The molecular formula is C12H11Cl2NO2. The molecule has 1 N–H and O–H groups in total. The number of amides is 1. The number of halogens is 2. The van der Waals surface area contributed by atoms with Crippen LogP contribution in [0, 0.1) is 12.3 Å². The van der Waals surface area contributed by atoms with E-state index in [1.165, 1.54) is 0 Å². The number of ether oxygens (including phenoxy) is 1. The van der Waals surface area contributed by atoms with Crippen molar-refractivity contribution in [3.05, 3.63) is 28.2 Å². The van der Waals surface area contributed by atoms with Gasteiger partial charge in [-0.2, -0.15) is 0 Å². The van der Waals surface area contributed by atoms with Crippen molar-refractivity contribution in [1.29, 1.82) is 0 Å². The zero-order valence-corrected chi connectivity index (χ0v) is 10.7. The fourth-order valence-corrected chi connectivity index (χ4v) is 1.55. The minimum atomic E-state index is -0.679. The van der Waals surface area contributed by atoms with Gasteiger partial charge in [0, 0.05) is 5.02 Å². The van der Waals surface area contributed by atoms with Gasteiger partial charge < -0.3 is 10.1 Å². The summed E-state index contributed by atoms with van der Waals surface area (Å²) in [5, 5.41) is 3.38. The molecule has 0 aliphatic heterocycles. The van der Waals surface area contributed by atoms with Gasteiger partial charge in [-0.1, -0.05) is 29.1 Å². The Morgan fingerprint density at radius 2 is 2.29 bits per heavy atom. The van der Waals surface area contributed by atoms with Gasteiger partial charge in [0.05, 0.1) is 11.6 Å². The summed E-state index contributed by atoms with van der Waals surface area (Å²) >= 11 is 11.7. The molecular weight excluding hydrogens is 261 g/mol. The lowest BCUT2D eigenvalue weighted by molar-refractivity contribution is -0.126. The third-order valence-corrected chi connectivity index (χ3v) is 2.46. The monoisotopic (exact) mass is 271 g/mol. The van der Waals surface area contributed by atoms with E-state index in [4.69, 9.17) is 34.4 Å². The van der Waals surface area contributed by atoms with Crippen molar-refractivity contribution in [3.63, 3.8) is 0 Å². The number of benzene rings is 1. The zero-order chi connectivity index (χ0) is 12.8. The molecule has 0 aromatic heterocycles. The molecule has 5 heteroatoms. The van der Waals surface area contributed by atoms with Gasteiger partial charge in [0.25, 0.3) is 5.91 Å². The van der Waals surface area contributed by atoms with Crippen molar-refractivity contribution in [3.8, 4) is 18.1 Å². The summed E-state index contributed by atoms with van der Waals surface area (Å²) in [4.78, 5) is 11.5. The molecule has 17 heavy (non-hydrogen) atoms. The molecule has 1 aromatic carbocycles. The first-order valence-electron chi connectivity index (χ1n) is 4.87. The summed E-state index contributed by atoms with van der Waals surface area (Å²) in [5.41, 5.74) is 0. The minimum absolute atomic E-state index is 0.168. The average molecular weight is 272 g/mol. The summed E-state index contributed by atoms with van der Waals surface area (Å²) in [7, 11) is 0. The maximum atomic E-state index is 11.5. The average Bonchev–Trinajstić information content (AvgIpc) is 2.29. The number of hydrogen-bond acceptors (Lipinski definition) is 2. The highest BCUT2D eigenvalue weighted by Gasteiger charge is 2.15. The third kappa shape index (κ3) is 4.18. The number of hydrogen-bond donors (Lipinski definition) is 1. The standard InChI is InChI=1S/C12H11Cl2NO2/c1-3-6-15-12(16)8(2)17-11-5-4-9(13)7-10(11)14/h1,4-5,7-8H,6H2,2H3,(H,15,16)/t8-/m0/s1. The Hall–Kier alpha value is -1.37. The van der Waals surface area contributed by atoms with Crippen molar-refractivity contribution in [1.82, 2.24) is 5.32 Å². The Kier molecular flexibility index (Phi) is 5.14. The maximum Gasteiger partial charge on any atom is 0.261 e. The van der Waals surface area contributed by atoms with Gasteiger partial charge in [-0.05, 0) is 25.1 Å². The topological polar surface area (TPSA) is 38.3 Å². The lowest BCUT2D eigenvalue weighted by Crippen LogP contribution is -2.36. The summed E-state index contributed by atoms with van der Waals surface area (Å²) in [6, 6.07) is 4.79. The Morgan fingerprint density at radius 1 is 1.59 bits per heavy atom. The van der Waals surface area contributed by atoms with Gasteiger partial charge in [0.2, 0.25) is 0 Å². The van der Waals surface area contributed by atoms with Crippen LogP contribution in [0.4, 0.5) is 0 Å². The van der Waals surface area contributed by atoms with Gasteiger partial charge in [-0.3, -0.25) is 4.79 Å². The third-order valence-electron chi connectivity index (χ3n) is 1.93. The van der Waals surface area contributed by atoms with Crippen LogP contribution in [0.3, 0.4) is 0 Å². The van der Waals surface area contributed by atoms with Crippen LogP contribution in [0.25, 0.3) is 0 Å². The number of terminal acetylenes is 1. The molecule has 1 rings (SSSR count). The Morgan fingerprint density at radius 3 is 2.88 bits per heavy atom. The molecule has 0 heterocycles. The van der Waals surface area contributed by atoms with E-state index in [0.29, 0.717) is 15.8 Å². The number of carbonyl (C=O) groups excluding carboxylic acids is 1. The second kappa shape index (κ2) is 6.39. The van der Waals surface area contributed by atoms with Gasteiger partial charge >= 0.3 is 0 Å². The molecule has 0 saturated carbocycles. The van der Waals surface area contributed by atoms with Crippen LogP contribution in [0.2, 0.25) is 10.0 Å². The maximum absolute atomic E-state index is 11.5. The van der Waals surface area contributed by atoms with Gasteiger partial charge in [0.1, 0.15) is 5.75 Å². The summed E-state index contributed by atoms with van der Waals surface area (Å²) < 4.78 is 5.39. The summed E-state index contributed by atoms with van der Waals surface area (Å²) in [5.74, 6) is 2.41. The second-order valence-corrected chi connectivity index (χ2v) is 4.10. The van der Waals surface area contributed by atoms with Crippen LogP contribution in [0.15, 0.2) is 18.2 Å². The fourth-order valence-electron chi connectivity index (χ4n) is 1.10. The normalized spacial score (nSPS) is 11.4. The second-order valence-electron chi connectivity index (χ2n) is 3.26. The van der Waals surface area contributed by atoms with Gasteiger partial charge in [0.15, 0.2) is 6.10 Å². The van der Waals surface area contributed by atoms with E-state index in [-0.39, 0.29) is 12.5 Å². The zero-order valence-electron chi connectivity index (χ0n) is 9.17. The van der Waals surface area contributed by atoms with Crippen LogP contribution in [0.1, 0.15) is 6.92 Å². The van der Waals surface area contributed by atoms with Crippen LogP contribution in [0.5, 0.6) is 5.75 Å². The van der Waals surface area contributed by atoms with E-state index in [0.717, 1.165) is 0 Å². The summed E-state index contributed by atoms with van der Waals surface area (Å²) in [6.07, 6.45) is 4.35. The van der Waals surface area contributed by atoms with E-state index in [9.17, 15) is 4.79 Å². The molecule has 0 saturated heterocycles. The molecule has 0 aliphatic rings. The summed E-state index contributed by atoms with van der Waals surface area (Å²) in [6.45, 7) is 1.78. The van der Waals surface area contributed by atoms with Gasteiger partial charge in [-0.25, -0.2) is 0 Å². The largest absolute Gasteiger partial charge is 0.479 e. The SMILES string of the molecule is C#CCNC(=O)[C@H](C)Oc1ccc(Cl)cc1Cl. The highest BCUT2D eigenvalue weighted by Crippen LogP contribution is 2.28. The quantitative estimate of drug-likeness (QED) is 0.855. The molecule has 0 unspecified atom stereocenters. The molecule has 0 radical (unpaired) electrons. The van der Waals surface area contributed by atoms with Crippen LogP contribution in [-0.4, -0.2) is 18.6 Å². The first-order valence-corrected chi connectivity index (χ1v) is 5.63. The first-order chi connectivity index (χ1) is 8.04. The van der Waals surface area contributed by atoms with Gasteiger partial charge in [-0.15, -0.1) is 6.42 Å². The van der Waals surface area contributed by atoms with E-state index in [2.05, 4.69) is 11.2 Å². The highest BCUT2D eigenvalue weighted by atomic mass is 35.5. The Bertz CT molecular complexity index is 454. The Balaban J connectivity index is 2.65. The van der Waals surface area contributed by atoms with Crippen molar-refractivity contribution in [2.75, 3.05) is 6.54 Å². The molecule has 3 nitrogen and oxygen atoms in total. The van der Waals surface area contributed by atoms with E-state index in [1.54, 1.807) is 25.1 Å². The van der Waals surface area contributed by atoms with E-state index >= 15 is 0 Å². The molecule has 0 spiro atoms. The predicted octanol–water partition coefficient (Wildman–Crippen LogP) is 2.51. The number of carbonyl (C=O) groups is 1. The molecule has 90 valence electrons. The lowest BCUT2D eigenvalue weighted by Gasteiger charge is -2.14. The molecule has 1 aromatic rings. The number of rotatable bonds is 4. The van der Waals surface area contributed by atoms with Crippen LogP contribution in [-0.2, 0) is 4.79 Å². The molecule has 0 aliphatic carbocycles. The van der Waals surface area contributed by atoms with Crippen molar-refractivity contribution in [2.45, 2.75) is 13.0 Å². The minimum Gasteiger partial charge on any atom is -0.479 e. The predicted molar refractivity (Wildman–Crippen MR) is 68.4 cm³/mol. The molecule has 1 atom stereocenters. The molecule has 0 bridgehead atoms. The van der Waals surface area contributed by atoms with E-state index in [1.807, 2.05) is 0 Å². The molecule has 1 amide bonds. The highest BCUT2D eigenvalue weighted by molar-refractivity contribution is 6.35. The van der Waals surface area contributed by atoms with Crippen molar-refractivity contribution < 1.29 is 9.53 Å². The smallest absolute Gasteiger partial charge is 0.261 e. The first kappa shape index (κ1) is 13.7. The lowest BCUT2D eigenvalue weighted by atomic mass is 10.3. The Labute approximate surface area is 110 Å². The van der Waals surface area contributed by atoms with E-state index < -0.39 is 6.10 Å². The van der Waals surface area contributed by atoms with Crippen molar-refractivity contribution >= 4 is 29.1 Å². The molecule has 0 fully saturated rings. The van der Waals surface area contributed by atoms with Crippen LogP contribution >= 0.6 is 23.2 Å².